The summed E-state index contributed by atoms with van der Waals surface area (Å²) >= 11 is 0. The van der Waals surface area contributed by atoms with Crippen LogP contribution in [0.15, 0.2) is 55.0 Å². The van der Waals surface area contributed by atoms with Crippen LogP contribution in [0.5, 0.6) is 5.75 Å². The van der Waals surface area contributed by atoms with Crippen LogP contribution in [0.2, 0.25) is 0 Å². The number of carbonyl (C=O) groups excluding carboxylic acids is 1. The topological polar surface area (TPSA) is 161 Å². The highest BCUT2D eigenvalue weighted by Gasteiger charge is 2.50. The van der Waals surface area contributed by atoms with Gasteiger partial charge in [0, 0.05) is 55.6 Å². The average Bonchev–Trinajstić information content (AvgIpc) is 3.61. The van der Waals surface area contributed by atoms with Gasteiger partial charge in [-0.05, 0) is 55.8 Å². The van der Waals surface area contributed by atoms with Gasteiger partial charge in [-0.1, -0.05) is 0 Å². The molecule has 16 heteroatoms. The lowest BCUT2D eigenvalue weighted by molar-refractivity contribution is -0.172. The molecule has 2 aromatic heterocycles. The predicted octanol–water partition coefficient (Wildman–Crippen LogP) is 3.46. The molecule has 3 aliphatic heterocycles. The van der Waals surface area contributed by atoms with Crippen molar-refractivity contribution >= 4 is 23.2 Å². The summed E-state index contributed by atoms with van der Waals surface area (Å²) in [5.41, 5.74) is 2.23. The van der Waals surface area contributed by atoms with E-state index in [1.807, 2.05) is 18.2 Å². The first-order chi connectivity index (χ1) is 23.3. The lowest BCUT2D eigenvalue weighted by Crippen LogP contribution is -2.59. The molecule has 0 aliphatic carbocycles. The minimum atomic E-state index is -3.37. The molecule has 14 nitrogen and oxygen atoms in total. The van der Waals surface area contributed by atoms with Crippen LogP contribution < -0.4 is 15.0 Å². The number of H-pyrrole nitrogens is 1. The van der Waals surface area contributed by atoms with E-state index in [0.717, 1.165) is 55.3 Å². The van der Waals surface area contributed by atoms with Gasteiger partial charge in [-0.25, -0.2) is 18.7 Å². The molecule has 0 unspecified atom stereocenters. The van der Waals surface area contributed by atoms with E-state index in [2.05, 4.69) is 64.5 Å². The number of ether oxygens (including phenoxy) is 2. The molecule has 2 atom stereocenters. The van der Waals surface area contributed by atoms with Gasteiger partial charge in [-0.15, -0.1) is 0 Å². The molecule has 3 aliphatic rings. The maximum Gasteiger partial charge on any atom is 0.303 e. The molecule has 3 fully saturated rings. The first-order valence-corrected chi connectivity index (χ1v) is 15.7. The highest BCUT2D eigenvalue weighted by molar-refractivity contribution is 5.92. The number of likely N-dealkylation sites (tertiary alicyclic amines) is 1. The standard InChI is InChI=1S/C32H33F2N11O3/c1-20-16-43(25-17-47-18-25)11-12-44(20)24-6-4-23(5-7-24)39-31-37-19-36-28(40-31)21-3-8-27(22(13-21)14-35)48-30-32(33,34)9-2-10-45(30)29(46)26-15-38-42-41-26/h3-8,13,15,19-20,25,30H,2,9-12,16-18H2,1H3,(H,38,41,42)(H,36,37,39,40)/t20-,30-/m0/s1. The summed E-state index contributed by atoms with van der Waals surface area (Å²) in [6.45, 7) is 6.85. The number of hydrogen-bond donors (Lipinski definition) is 2. The molecule has 5 heterocycles. The molecule has 248 valence electrons. The van der Waals surface area contributed by atoms with Gasteiger partial charge in [-0.2, -0.15) is 25.7 Å². The van der Waals surface area contributed by atoms with Crippen molar-refractivity contribution in [2.45, 2.75) is 44.0 Å². The Bertz CT molecular complexity index is 1800. The third-order valence-corrected chi connectivity index (χ3v) is 8.87. The number of piperazine rings is 1. The number of halogens is 2. The van der Waals surface area contributed by atoms with Gasteiger partial charge in [0.25, 0.3) is 5.91 Å². The molecule has 4 aromatic rings. The van der Waals surface area contributed by atoms with Gasteiger partial charge in [0.1, 0.15) is 18.1 Å². The number of piperidine rings is 1. The maximum absolute atomic E-state index is 15.1. The molecule has 2 aromatic carbocycles. The van der Waals surface area contributed by atoms with Crippen LogP contribution in [0.3, 0.4) is 0 Å². The van der Waals surface area contributed by atoms with E-state index in [4.69, 9.17) is 9.47 Å². The molecular formula is C32H33F2N11O3. The fourth-order valence-corrected chi connectivity index (χ4v) is 6.24. The fraction of sp³-hybridized carbons (Fsp3) is 0.406. The van der Waals surface area contributed by atoms with Crippen molar-refractivity contribution in [2.24, 2.45) is 0 Å². The minimum absolute atomic E-state index is 0.0238. The zero-order valence-electron chi connectivity index (χ0n) is 26.1. The van der Waals surface area contributed by atoms with Crippen molar-refractivity contribution in [1.29, 1.82) is 5.26 Å². The number of alkyl halides is 2. The number of rotatable bonds is 8. The van der Waals surface area contributed by atoms with Gasteiger partial charge in [0.2, 0.25) is 12.2 Å². The smallest absolute Gasteiger partial charge is 0.303 e. The Morgan fingerprint density at radius 3 is 2.69 bits per heavy atom. The summed E-state index contributed by atoms with van der Waals surface area (Å²) in [4.78, 5) is 31.8. The first kappa shape index (κ1) is 31.3. The Labute approximate surface area is 274 Å². The normalized spacial score (nSPS) is 21.3. The van der Waals surface area contributed by atoms with E-state index in [-0.39, 0.29) is 35.8 Å². The molecule has 1 amide bonds. The van der Waals surface area contributed by atoms with Crippen molar-refractivity contribution in [3.63, 3.8) is 0 Å². The summed E-state index contributed by atoms with van der Waals surface area (Å²) in [5.74, 6) is -3.67. The Kier molecular flexibility index (Phi) is 8.54. The van der Waals surface area contributed by atoms with E-state index in [1.165, 1.54) is 18.5 Å². The first-order valence-electron chi connectivity index (χ1n) is 15.7. The number of benzene rings is 2. The number of nitrogens with one attached hydrogen (secondary N) is 2. The lowest BCUT2D eigenvalue weighted by Gasteiger charge is -2.46. The van der Waals surface area contributed by atoms with Gasteiger partial charge in [0.05, 0.1) is 31.0 Å². The SMILES string of the molecule is C[C@H]1CN(C2COC2)CCN1c1ccc(Nc2ncnc(-c3ccc(O[C@@H]4N(C(=O)c5cn[nH]n5)CCCC4(F)F)c(C#N)c3)n2)cc1. The largest absolute Gasteiger partial charge is 0.463 e. The molecule has 2 N–H and O–H groups in total. The summed E-state index contributed by atoms with van der Waals surface area (Å²) < 4.78 is 41.3. The van der Waals surface area contributed by atoms with Crippen molar-refractivity contribution in [2.75, 3.05) is 49.6 Å². The highest BCUT2D eigenvalue weighted by atomic mass is 19.3. The van der Waals surface area contributed by atoms with Gasteiger partial charge in [-0.3, -0.25) is 14.6 Å². The number of nitriles is 1. The van der Waals surface area contributed by atoms with Gasteiger partial charge in [0.15, 0.2) is 11.5 Å². The molecule has 0 bridgehead atoms. The second-order valence-electron chi connectivity index (χ2n) is 12.0. The molecule has 0 spiro atoms. The van der Waals surface area contributed by atoms with E-state index in [9.17, 15) is 10.1 Å². The number of carbonyl (C=O) groups is 1. The predicted molar refractivity (Wildman–Crippen MR) is 169 cm³/mol. The third-order valence-electron chi connectivity index (χ3n) is 8.87. The molecule has 48 heavy (non-hydrogen) atoms. The second-order valence-corrected chi connectivity index (χ2v) is 12.0. The van der Waals surface area contributed by atoms with Crippen LogP contribution in [-0.2, 0) is 4.74 Å². The van der Waals surface area contributed by atoms with E-state index >= 15 is 8.78 Å². The maximum atomic E-state index is 15.1. The number of nitrogens with zero attached hydrogens (tertiary/aromatic N) is 9. The molecule has 3 saturated heterocycles. The quantitative estimate of drug-likeness (QED) is 0.284. The van der Waals surface area contributed by atoms with Crippen molar-refractivity contribution in [1.82, 2.24) is 40.2 Å². The zero-order valence-corrected chi connectivity index (χ0v) is 26.1. The number of amides is 1. The highest BCUT2D eigenvalue weighted by Crippen LogP contribution is 2.37. The van der Waals surface area contributed by atoms with Crippen LogP contribution in [-0.4, -0.2) is 110 Å². The van der Waals surface area contributed by atoms with Gasteiger partial charge >= 0.3 is 5.92 Å². The minimum Gasteiger partial charge on any atom is -0.463 e. The van der Waals surface area contributed by atoms with E-state index in [1.54, 1.807) is 6.07 Å². The third kappa shape index (κ3) is 6.34. The average molecular weight is 658 g/mol. The van der Waals surface area contributed by atoms with Crippen molar-refractivity contribution in [3.8, 4) is 23.2 Å². The van der Waals surface area contributed by atoms with Crippen LogP contribution >= 0.6 is 0 Å². The van der Waals surface area contributed by atoms with Crippen LogP contribution in [0.4, 0.5) is 26.1 Å². The zero-order chi connectivity index (χ0) is 33.3. The summed E-state index contributed by atoms with van der Waals surface area (Å²) in [6.07, 6.45) is 0.163. The van der Waals surface area contributed by atoms with Crippen molar-refractivity contribution in [3.05, 3.63) is 66.2 Å². The summed E-state index contributed by atoms with van der Waals surface area (Å²) in [6, 6.07) is 15.4. The van der Waals surface area contributed by atoms with Crippen molar-refractivity contribution < 1.29 is 23.0 Å². The number of aromatic nitrogens is 6. The molecular weight excluding hydrogens is 624 g/mol. The van der Waals surface area contributed by atoms with Crippen LogP contribution in [0, 0.1) is 11.3 Å². The summed E-state index contributed by atoms with van der Waals surface area (Å²) in [5, 5.41) is 22.7. The number of aromatic amines is 1. The Hall–Kier alpha value is -5.27. The molecule has 7 rings (SSSR count). The van der Waals surface area contributed by atoms with E-state index in [0.29, 0.717) is 23.6 Å². The van der Waals surface area contributed by atoms with Crippen LogP contribution in [0.25, 0.3) is 11.4 Å². The summed E-state index contributed by atoms with van der Waals surface area (Å²) in [7, 11) is 0. The molecule has 0 saturated carbocycles. The Morgan fingerprint density at radius 1 is 1.15 bits per heavy atom. The van der Waals surface area contributed by atoms with E-state index < -0.39 is 24.5 Å². The van der Waals surface area contributed by atoms with Crippen LogP contribution in [0.1, 0.15) is 35.8 Å². The molecule has 0 radical (unpaired) electrons. The monoisotopic (exact) mass is 657 g/mol. The second kappa shape index (κ2) is 13.1. The van der Waals surface area contributed by atoms with Gasteiger partial charge < -0.3 is 19.7 Å². The Morgan fingerprint density at radius 2 is 1.98 bits per heavy atom. The Balaban J connectivity index is 1.04. The lowest BCUT2D eigenvalue weighted by atomic mass is 10.0. The fourth-order valence-electron chi connectivity index (χ4n) is 6.24. The number of anilines is 3. The number of hydrogen-bond acceptors (Lipinski definition) is 12.